The van der Waals surface area contributed by atoms with Gasteiger partial charge in [-0.05, 0) is 39.1 Å². The molecule has 1 aliphatic carbocycles. The lowest BCUT2D eigenvalue weighted by Crippen LogP contribution is -2.08. The summed E-state index contributed by atoms with van der Waals surface area (Å²) in [6, 6.07) is 24.6. The zero-order chi connectivity index (χ0) is 14.2. The number of benzene rings is 3. The van der Waals surface area contributed by atoms with Crippen molar-refractivity contribution in [1.29, 1.82) is 0 Å². The molecule has 0 heterocycles. The lowest BCUT2D eigenvalue weighted by Gasteiger charge is -2.25. The van der Waals surface area contributed by atoms with Gasteiger partial charge in [0, 0.05) is 5.92 Å². The zero-order valence-corrected chi connectivity index (χ0v) is 11.7. The van der Waals surface area contributed by atoms with Gasteiger partial charge in [-0.15, -0.1) is 0 Å². The van der Waals surface area contributed by atoms with Gasteiger partial charge in [-0.2, -0.15) is 0 Å². The molecule has 0 nitrogen and oxygen atoms in total. The van der Waals surface area contributed by atoms with Crippen molar-refractivity contribution in [3.8, 4) is 0 Å². The van der Waals surface area contributed by atoms with Crippen molar-refractivity contribution in [3.63, 3.8) is 0 Å². The summed E-state index contributed by atoms with van der Waals surface area (Å²) < 4.78 is 0. The highest BCUT2D eigenvalue weighted by atomic mass is 14.3. The first kappa shape index (κ1) is 12.2. The molecule has 0 fully saturated rings. The van der Waals surface area contributed by atoms with E-state index in [9.17, 15) is 0 Å². The molecule has 1 radical (unpaired) electrons. The fourth-order valence-electron chi connectivity index (χ4n) is 3.18. The SMILES string of the molecule is C=C1C=Cc2ccccc2C1c1[c]ccc2ccccc12. The molecule has 3 aromatic carbocycles. The Bertz CT molecular complexity index is 863. The van der Waals surface area contributed by atoms with E-state index in [0.717, 1.165) is 5.57 Å². The molecule has 0 saturated carbocycles. The summed E-state index contributed by atoms with van der Waals surface area (Å²) in [5, 5.41) is 2.52. The van der Waals surface area contributed by atoms with Crippen LogP contribution in [-0.4, -0.2) is 0 Å². The van der Waals surface area contributed by atoms with E-state index in [0.29, 0.717) is 0 Å². The fourth-order valence-corrected chi connectivity index (χ4v) is 3.18. The third kappa shape index (κ3) is 1.92. The van der Waals surface area contributed by atoms with Gasteiger partial charge in [0.2, 0.25) is 0 Å². The van der Waals surface area contributed by atoms with Crippen LogP contribution in [0.25, 0.3) is 16.8 Å². The Morgan fingerprint density at radius 2 is 1.67 bits per heavy atom. The van der Waals surface area contributed by atoms with Crippen molar-refractivity contribution in [1.82, 2.24) is 0 Å². The van der Waals surface area contributed by atoms with E-state index in [-0.39, 0.29) is 5.92 Å². The van der Waals surface area contributed by atoms with Gasteiger partial charge >= 0.3 is 0 Å². The molecule has 0 amide bonds. The van der Waals surface area contributed by atoms with Crippen LogP contribution in [0.15, 0.2) is 78.9 Å². The Morgan fingerprint density at radius 1 is 0.857 bits per heavy atom. The minimum atomic E-state index is 0.192. The third-order valence-electron chi connectivity index (χ3n) is 4.20. The Kier molecular flexibility index (Phi) is 2.75. The monoisotopic (exact) mass is 267 g/mol. The molecule has 0 aromatic heterocycles. The van der Waals surface area contributed by atoms with Gasteiger partial charge in [-0.25, -0.2) is 0 Å². The Morgan fingerprint density at radius 3 is 2.62 bits per heavy atom. The van der Waals surface area contributed by atoms with Gasteiger partial charge in [0.25, 0.3) is 0 Å². The van der Waals surface area contributed by atoms with Gasteiger partial charge in [0.15, 0.2) is 0 Å². The quantitative estimate of drug-likeness (QED) is 0.557. The van der Waals surface area contributed by atoms with Gasteiger partial charge in [0.05, 0.1) is 0 Å². The molecule has 4 rings (SSSR count). The molecule has 0 spiro atoms. The van der Waals surface area contributed by atoms with Gasteiger partial charge in [-0.1, -0.05) is 79.4 Å². The molecule has 1 atom stereocenters. The summed E-state index contributed by atoms with van der Waals surface area (Å²) in [7, 11) is 0. The Labute approximate surface area is 125 Å². The number of hydrogen-bond acceptors (Lipinski definition) is 0. The first-order chi connectivity index (χ1) is 10.3. The highest BCUT2D eigenvalue weighted by molar-refractivity contribution is 5.87. The summed E-state index contributed by atoms with van der Waals surface area (Å²) >= 11 is 0. The molecule has 0 N–H and O–H groups in total. The molecule has 1 aliphatic rings. The smallest absolute Gasteiger partial charge is 0.0352 e. The van der Waals surface area contributed by atoms with Gasteiger partial charge in [-0.3, -0.25) is 0 Å². The Hall–Kier alpha value is -2.60. The van der Waals surface area contributed by atoms with Crippen molar-refractivity contribution >= 4 is 16.8 Å². The summed E-state index contributed by atoms with van der Waals surface area (Å²) in [6.45, 7) is 4.27. The first-order valence-corrected chi connectivity index (χ1v) is 7.20. The lowest BCUT2D eigenvalue weighted by atomic mass is 9.78. The van der Waals surface area contributed by atoms with Crippen molar-refractivity contribution in [3.05, 3.63) is 102 Å². The topological polar surface area (TPSA) is 0 Å². The molecule has 0 saturated heterocycles. The largest absolute Gasteiger partial charge is 0.0949 e. The normalized spacial score (nSPS) is 17.0. The maximum atomic E-state index is 4.27. The second kappa shape index (κ2) is 4.75. The lowest BCUT2D eigenvalue weighted by molar-refractivity contribution is 0.979. The third-order valence-corrected chi connectivity index (χ3v) is 4.20. The van der Waals surface area contributed by atoms with Crippen molar-refractivity contribution in [2.45, 2.75) is 5.92 Å². The van der Waals surface area contributed by atoms with Crippen LogP contribution in [0.5, 0.6) is 0 Å². The van der Waals surface area contributed by atoms with Crippen LogP contribution in [0.4, 0.5) is 0 Å². The van der Waals surface area contributed by atoms with Crippen LogP contribution < -0.4 is 0 Å². The summed E-state index contributed by atoms with van der Waals surface area (Å²) in [6.07, 6.45) is 4.28. The van der Waals surface area contributed by atoms with Crippen LogP contribution in [0.1, 0.15) is 22.6 Å². The molecule has 0 heteroatoms. The zero-order valence-electron chi connectivity index (χ0n) is 11.7. The minimum absolute atomic E-state index is 0.192. The first-order valence-electron chi connectivity index (χ1n) is 7.20. The van der Waals surface area contributed by atoms with Gasteiger partial charge < -0.3 is 0 Å². The number of rotatable bonds is 1. The number of hydrogen-bond donors (Lipinski definition) is 0. The van der Waals surface area contributed by atoms with E-state index >= 15 is 0 Å². The summed E-state index contributed by atoms with van der Waals surface area (Å²) in [4.78, 5) is 0. The number of allylic oxidation sites excluding steroid dienone is 2. The summed E-state index contributed by atoms with van der Waals surface area (Å²) in [5.41, 5.74) is 4.94. The Balaban J connectivity index is 2.00. The maximum absolute atomic E-state index is 4.27. The van der Waals surface area contributed by atoms with Crippen LogP contribution >= 0.6 is 0 Å². The predicted octanol–water partition coefficient (Wildman–Crippen LogP) is 5.35. The molecule has 1 unspecified atom stereocenters. The predicted molar refractivity (Wildman–Crippen MR) is 89.2 cm³/mol. The molecule has 0 bridgehead atoms. The van der Waals surface area contributed by atoms with Crippen LogP contribution in [0, 0.1) is 6.07 Å². The molecule has 99 valence electrons. The second-order valence-electron chi connectivity index (χ2n) is 5.45. The van der Waals surface area contributed by atoms with E-state index in [2.05, 4.69) is 79.4 Å². The van der Waals surface area contributed by atoms with Crippen molar-refractivity contribution < 1.29 is 0 Å². The molecule has 3 aromatic rings. The summed E-state index contributed by atoms with van der Waals surface area (Å²) in [5.74, 6) is 0.192. The van der Waals surface area contributed by atoms with E-state index in [1.165, 1.54) is 27.5 Å². The van der Waals surface area contributed by atoms with Gasteiger partial charge in [0.1, 0.15) is 0 Å². The van der Waals surface area contributed by atoms with E-state index in [1.54, 1.807) is 0 Å². The van der Waals surface area contributed by atoms with E-state index in [4.69, 9.17) is 0 Å². The van der Waals surface area contributed by atoms with Crippen LogP contribution in [0.3, 0.4) is 0 Å². The highest BCUT2D eigenvalue weighted by Gasteiger charge is 2.23. The molecule has 21 heavy (non-hydrogen) atoms. The average Bonchev–Trinajstić information content (AvgIpc) is 2.54. The van der Waals surface area contributed by atoms with E-state index < -0.39 is 0 Å². The molecular weight excluding hydrogens is 252 g/mol. The highest BCUT2D eigenvalue weighted by Crippen LogP contribution is 2.40. The minimum Gasteiger partial charge on any atom is -0.0949 e. The maximum Gasteiger partial charge on any atom is 0.0352 e. The van der Waals surface area contributed by atoms with Crippen molar-refractivity contribution in [2.24, 2.45) is 0 Å². The standard InChI is InChI=1S/C21H15/c1-15-13-14-17-8-3-5-11-19(17)21(15)20-12-6-9-16-7-2-4-10-18(16)20/h2-11,13-14,21H,1H2. The molecule has 0 aliphatic heterocycles. The second-order valence-corrected chi connectivity index (χ2v) is 5.45. The van der Waals surface area contributed by atoms with Crippen LogP contribution in [0.2, 0.25) is 0 Å². The van der Waals surface area contributed by atoms with Crippen molar-refractivity contribution in [2.75, 3.05) is 0 Å². The average molecular weight is 267 g/mol. The number of fused-ring (bicyclic) bond motifs is 2. The van der Waals surface area contributed by atoms with Crippen LogP contribution in [-0.2, 0) is 0 Å². The fraction of sp³-hybridized carbons (Fsp3) is 0.0476. The molecular formula is C21H15. The van der Waals surface area contributed by atoms with E-state index in [1.807, 2.05) is 6.07 Å².